The molecule has 35 heavy (non-hydrogen) atoms. The number of hydrogen-bond acceptors (Lipinski definition) is 4. The van der Waals surface area contributed by atoms with Crippen molar-refractivity contribution in [1.82, 2.24) is 9.55 Å². The van der Waals surface area contributed by atoms with Crippen molar-refractivity contribution in [2.24, 2.45) is 0 Å². The van der Waals surface area contributed by atoms with E-state index in [0.717, 1.165) is 35.0 Å². The fraction of sp³-hybridized carbons (Fsp3) is 0.154. The molecule has 1 amide bonds. The van der Waals surface area contributed by atoms with Gasteiger partial charge in [-0.05, 0) is 49.4 Å². The van der Waals surface area contributed by atoms with E-state index in [9.17, 15) is 18.0 Å². The third-order valence-corrected chi connectivity index (χ3v) is 6.11. The summed E-state index contributed by atoms with van der Waals surface area (Å²) in [6, 6.07) is 19.6. The number of ether oxygens (including phenoxy) is 1. The number of carbonyl (C=O) groups excluding carboxylic acids is 1. The third kappa shape index (κ3) is 6.05. The second-order valence-corrected chi connectivity index (χ2v) is 8.70. The lowest BCUT2D eigenvalue weighted by Crippen LogP contribution is -2.14. The normalized spacial score (nSPS) is 11.3. The van der Waals surface area contributed by atoms with Crippen LogP contribution in [0.25, 0.3) is 16.9 Å². The number of carbonyl (C=O) groups is 1. The minimum Gasteiger partial charge on any atom is -0.497 e. The minimum atomic E-state index is -4.48. The highest BCUT2D eigenvalue weighted by Crippen LogP contribution is 2.33. The Morgan fingerprint density at radius 3 is 2.51 bits per heavy atom. The van der Waals surface area contributed by atoms with E-state index in [-0.39, 0.29) is 11.7 Å². The van der Waals surface area contributed by atoms with Gasteiger partial charge < -0.3 is 10.1 Å². The molecule has 0 bridgehead atoms. The number of aromatic nitrogens is 2. The van der Waals surface area contributed by atoms with Crippen LogP contribution in [0.15, 0.2) is 84.1 Å². The molecule has 5 nitrogen and oxygen atoms in total. The average Bonchev–Trinajstić information content (AvgIpc) is 3.28. The summed E-state index contributed by atoms with van der Waals surface area (Å²) in [5.41, 5.74) is 2.55. The number of halogens is 3. The summed E-state index contributed by atoms with van der Waals surface area (Å²) in [4.78, 5) is 17.2. The van der Waals surface area contributed by atoms with Crippen LogP contribution in [0.5, 0.6) is 5.75 Å². The van der Waals surface area contributed by atoms with Crippen molar-refractivity contribution in [2.45, 2.75) is 18.3 Å². The molecule has 1 aromatic heterocycles. The highest BCUT2D eigenvalue weighted by molar-refractivity contribution is 7.99. The van der Waals surface area contributed by atoms with Gasteiger partial charge in [-0.1, -0.05) is 47.7 Å². The summed E-state index contributed by atoms with van der Waals surface area (Å²) < 4.78 is 46.8. The van der Waals surface area contributed by atoms with Gasteiger partial charge >= 0.3 is 6.18 Å². The number of rotatable bonds is 7. The standard InChI is InChI=1S/C26H22F3N3O2S/c1-17-9-11-20(12-10-17)30-24(33)16-35-25-31-23(18-5-3-8-22(13-18)34-2)15-32(25)21-7-4-6-19(14-21)26(27,28)29/h3-15H,16H2,1-2H3,(H,30,33). The Morgan fingerprint density at radius 2 is 1.80 bits per heavy atom. The molecule has 0 aliphatic heterocycles. The first-order valence-electron chi connectivity index (χ1n) is 10.6. The van der Waals surface area contributed by atoms with Crippen LogP contribution in [-0.4, -0.2) is 28.3 Å². The van der Waals surface area contributed by atoms with E-state index in [1.807, 2.05) is 37.3 Å². The number of anilines is 1. The lowest BCUT2D eigenvalue weighted by Gasteiger charge is -2.11. The van der Waals surface area contributed by atoms with Gasteiger partial charge in [-0.25, -0.2) is 4.98 Å². The maximum Gasteiger partial charge on any atom is 0.416 e. The second kappa shape index (κ2) is 10.3. The number of amides is 1. The quantitative estimate of drug-likeness (QED) is 0.292. The number of alkyl halides is 3. The van der Waals surface area contributed by atoms with E-state index in [1.165, 1.54) is 6.07 Å². The zero-order chi connectivity index (χ0) is 25.0. The van der Waals surface area contributed by atoms with Crippen LogP contribution >= 0.6 is 11.8 Å². The number of aryl methyl sites for hydroxylation is 1. The van der Waals surface area contributed by atoms with Gasteiger partial charge in [0.2, 0.25) is 5.91 Å². The molecule has 1 heterocycles. The molecule has 180 valence electrons. The van der Waals surface area contributed by atoms with E-state index >= 15 is 0 Å². The molecule has 0 fully saturated rings. The molecule has 0 atom stereocenters. The summed E-state index contributed by atoms with van der Waals surface area (Å²) >= 11 is 1.14. The lowest BCUT2D eigenvalue weighted by atomic mass is 10.1. The highest BCUT2D eigenvalue weighted by atomic mass is 32.2. The van der Waals surface area contributed by atoms with Crippen LogP contribution in [-0.2, 0) is 11.0 Å². The molecule has 4 rings (SSSR count). The van der Waals surface area contributed by atoms with Crippen molar-refractivity contribution in [2.75, 3.05) is 18.2 Å². The number of hydrogen-bond donors (Lipinski definition) is 1. The zero-order valence-electron chi connectivity index (χ0n) is 19.0. The second-order valence-electron chi connectivity index (χ2n) is 7.76. The molecule has 0 spiro atoms. The summed E-state index contributed by atoms with van der Waals surface area (Å²) in [5, 5.41) is 3.21. The van der Waals surface area contributed by atoms with Gasteiger partial charge in [-0.15, -0.1) is 0 Å². The average molecular weight is 498 g/mol. The first-order valence-corrected chi connectivity index (χ1v) is 11.6. The first kappa shape index (κ1) is 24.4. The molecule has 0 radical (unpaired) electrons. The van der Waals surface area contributed by atoms with Gasteiger partial charge in [0.15, 0.2) is 5.16 Å². The first-order chi connectivity index (χ1) is 16.7. The van der Waals surface area contributed by atoms with Crippen molar-refractivity contribution in [3.8, 4) is 22.7 Å². The van der Waals surface area contributed by atoms with Crippen LogP contribution in [0.1, 0.15) is 11.1 Å². The number of nitrogens with one attached hydrogen (secondary N) is 1. The zero-order valence-corrected chi connectivity index (χ0v) is 19.8. The monoisotopic (exact) mass is 497 g/mol. The SMILES string of the molecule is COc1cccc(-c2cn(-c3cccc(C(F)(F)F)c3)c(SCC(=O)Nc3ccc(C)cc3)n2)c1. The predicted octanol–water partition coefficient (Wildman–Crippen LogP) is 6.61. The molecule has 0 saturated carbocycles. The maximum atomic E-state index is 13.3. The Morgan fingerprint density at radius 1 is 1.06 bits per heavy atom. The number of thioether (sulfide) groups is 1. The third-order valence-electron chi connectivity index (χ3n) is 5.16. The summed E-state index contributed by atoms with van der Waals surface area (Å²) in [7, 11) is 1.55. The van der Waals surface area contributed by atoms with E-state index in [0.29, 0.717) is 28.0 Å². The fourth-order valence-electron chi connectivity index (χ4n) is 3.37. The van der Waals surface area contributed by atoms with E-state index < -0.39 is 11.7 Å². The predicted molar refractivity (Wildman–Crippen MR) is 131 cm³/mol. The van der Waals surface area contributed by atoms with Crippen molar-refractivity contribution in [3.63, 3.8) is 0 Å². The van der Waals surface area contributed by atoms with Gasteiger partial charge in [0.1, 0.15) is 5.75 Å². The smallest absolute Gasteiger partial charge is 0.416 e. The number of nitrogens with zero attached hydrogens (tertiary/aromatic N) is 2. The van der Waals surface area contributed by atoms with Crippen LogP contribution in [0.2, 0.25) is 0 Å². The fourth-order valence-corrected chi connectivity index (χ4v) is 4.16. The van der Waals surface area contributed by atoms with Crippen LogP contribution < -0.4 is 10.1 Å². The number of imidazole rings is 1. The Balaban J connectivity index is 1.64. The molecule has 0 aliphatic rings. The Kier molecular flexibility index (Phi) is 7.16. The topological polar surface area (TPSA) is 56.1 Å². The lowest BCUT2D eigenvalue weighted by molar-refractivity contribution is -0.137. The molecule has 0 aliphatic carbocycles. The molecule has 0 saturated heterocycles. The van der Waals surface area contributed by atoms with Gasteiger partial charge in [0.25, 0.3) is 0 Å². The van der Waals surface area contributed by atoms with E-state index in [4.69, 9.17) is 4.74 Å². The molecule has 0 unspecified atom stereocenters. The molecule has 1 N–H and O–H groups in total. The number of methoxy groups -OCH3 is 1. The minimum absolute atomic E-state index is 0.0292. The summed E-state index contributed by atoms with van der Waals surface area (Å²) in [5.74, 6) is 0.407. The summed E-state index contributed by atoms with van der Waals surface area (Å²) in [6.07, 6.45) is -2.82. The Bertz CT molecular complexity index is 1330. The van der Waals surface area contributed by atoms with Crippen molar-refractivity contribution in [1.29, 1.82) is 0 Å². The van der Waals surface area contributed by atoms with Gasteiger partial charge in [0, 0.05) is 23.1 Å². The Labute approximate surface area is 205 Å². The highest BCUT2D eigenvalue weighted by Gasteiger charge is 2.30. The maximum absolute atomic E-state index is 13.3. The van der Waals surface area contributed by atoms with E-state index in [1.54, 1.807) is 42.1 Å². The van der Waals surface area contributed by atoms with Crippen molar-refractivity contribution in [3.05, 3.63) is 90.1 Å². The van der Waals surface area contributed by atoms with Crippen LogP contribution in [0, 0.1) is 6.92 Å². The molecular formula is C26H22F3N3O2S. The molecule has 4 aromatic rings. The van der Waals surface area contributed by atoms with E-state index in [2.05, 4.69) is 10.3 Å². The molecular weight excluding hydrogens is 475 g/mol. The van der Waals surface area contributed by atoms with Crippen LogP contribution in [0.3, 0.4) is 0 Å². The van der Waals surface area contributed by atoms with Crippen molar-refractivity contribution >= 4 is 23.4 Å². The number of benzene rings is 3. The van der Waals surface area contributed by atoms with Crippen LogP contribution in [0.4, 0.5) is 18.9 Å². The Hall–Kier alpha value is -3.72. The summed E-state index contributed by atoms with van der Waals surface area (Å²) in [6.45, 7) is 1.95. The van der Waals surface area contributed by atoms with Gasteiger partial charge in [0.05, 0.1) is 24.1 Å². The van der Waals surface area contributed by atoms with Crippen molar-refractivity contribution < 1.29 is 22.7 Å². The molecule has 3 aromatic carbocycles. The van der Waals surface area contributed by atoms with Gasteiger partial charge in [-0.3, -0.25) is 9.36 Å². The molecule has 9 heteroatoms. The van der Waals surface area contributed by atoms with Gasteiger partial charge in [-0.2, -0.15) is 13.2 Å². The largest absolute Gasteiger partial charge is 0.497 e.